The van der Waals surface area contributed by atoms with E-state index in [1.165, 1.54) is 23.6 Å². The quantitative estimate of drug-likeness (QED) is 0.449. The van der Waals surface area contributed by atoms with Crippen LogP contribution in [0.4, 0.5) is 10.7 Å². The molecule has 1 atom stereocenters. The predicted molar refractivity (Wildman–Crippen MR) is 122 cm³/mol. The molecular weight excluding hydrogens is 428 g/mol. The molecule has 0 saturated carbocycles. The molecule has 0 aliphatic carbocycles. The van der Waals surface area contributed by atoms with Crippen LogP contribution in [0.25, 0.3) is 0 Å². The maximum absolute atomic E-state index is 13.0. The van der Waals surface area contributed by atoms with Gasteiger partial charge in [0.25, 0.3) is 5.91 Å². The van der Waals surface area contributed by atoms with Crippen molar-refractivity contribution in [1.82, 2.24) is 10.2 Å². The summed E-state index contributed by atoms with van der Waals surface area (Å²) in [5.41, 5.74) is 3.57. The Balaban J connectivity index is 1.39. The van der Waals surface area contributed by atoms with Crippen LogP contribution in [0, 0.1) is 10.1 Å². The van der Waals surface area contributed by atoms with Crippen molar-refractivity contribution in [1.29, 1.82) is 0 Å². The highest BCUT2D eigenvalue weighted by Gasteiger charge is 2.34. The van der Waals surface area contributed by atoms with Crippen molar-refractivity contribution >= 4 is 27.9 Å². The van der Waals surface area contributed by atoms with Gasteiger partial charge in [-0.05, 0) is 23.6 Å². The monoisotopic (exact) mass is 450 g/mol. The van der Waals surface area contributed by atoms with Gasteiger partial charge in [0.05, 0.1) is 17.6 Å². The number of nitro benzene ring substituents is 1. The average Bonchev–Trinajstić information content (AvgIpc) is 3.17. The third-order valence-electron chi connectivity index (χ3n) is 5.90. The molecule has 164 valence electrons. The van der Waals surface area contributed by atoms with Crippen LogP contribution in [0.2, 0.25) is 0 Å². The molecule has 9 heteroatoms. The Labute approximate surface area is 189 Å². The van der Waals surface area contributed by atoms with Gasteiger partial charge in [0.2, 0.25) is 0 Å². The van der Waals surface area contributed by atoms with Crippen LogP contribution in [0.15, 0.2) is 48.5 Å². The Morgan fingerprint density at radius 3 is 2.78 bits per heavy atom. The van der Waals surface area contributed by atoms with E-state index in [4.69, 9.17) is 4.74 Å². The molecule has 1 amide bonds. The van der Waals surface area contributed by atoms with E-state index in [-0.39, 0.29) is 17.3 Å². The van der Waals surface area contributed by atoms with Crippen LogP contribution in [0.1, 0.15) is 38.1 Å². The summed E-state index contributed by atoms with van der Waals surface area (Å²) >= 11 is 1.60. The van der Waals surface area contributed by atoms with E-state index in [1.807, 2.05) is 18.2 Å². The van der Waals surface area contributed by atoms with E-state index in [0.29, 0.717) is 11.1 Å². The number of rotatable bonds is 5. The smallest absolute Gasteiger partial charge is 0.311 e. The first-order valence-corrected chi connectivity index (χ1v) is 11.2. The number of amides is 1. The Kier molecular flexibility index (Phi) is 5.28. The fraction of sp³-hybridized carbons (Fsp3) is 0.261. The van der Waals surface area contributed by atoms with Gasteiger partial charge in [-0.1, -0.05) is 36.4 Å². The molecule has 2 aliphatic rings. The van der Waals surface area contributed by atoms with Gasteiger partial charge in [-0.2, -0.15) is 0 Å². The minimum Gasteiger partial charge on any atom is -0.490 e. The molecule has 1 unspecified atom stereocenters. The Bertz CT molecular complexity index is 1190. The molecule has 0 radical (unpaired) electrons. The van der Waals surface area contributed by atoms with Crippen molar-refractivity contribution in [2.75, 3.05) is 19.0 Å². The van der Waals surface area contributed by atoms with Crippen LogP contribution in [-0.4, -0.2) is 29.4 Å². The van der Waals surface area contributed by atoms with Crippen molar-refractivity contribution < 1.29 is 14.5 Å². The predicted octanol–water partition coefficient (Wildman–Crippen LogP) is 4.08. The molecule has 3 aromatic rings. The lowest BCUT2D eigenvalue weighted by Crippen LogP contribution is -2.38. The standard InChI is InChI=1S/C23H22N4O4S/c1-31-18-8-7-15(11-17(18)27(29)30)21-24-22(28)20-16-9-10-26(12-14-5-3-2-4-6-14)13-19(16)32-23(20)25-21/h2-8,11,21,25H,9-10,12-13H2,1H3,(H,24,28). The van der Waals surface area contributed by atoms with Crippen molar-refractivity contribution in [3.05, 3.63) is 85.8 Å². The van der Waals surface area contributed by atoms with E-state index in [9.17, 15) is 14.9 Å². The van der Waals surface area contributed by atoms with Crippen LogP contribution in [0.3, 0.4) is 0 Å². The van der Waals surface area contributed by atoms with Crippen molar-refractivity contribution in [2.45, 2.75) is 25.7 Å². The summed E-state index contributed by atoms with van der Waals surface area (Å²) in [6, 6.07) is 15.1. The summed E-state index contributed by atoms with van der Waals surface area (Å²) in [4.78, 5) is 27.5. The molecule has 2 aromatic carbocycles. The van der Waals surface area contributed by atoms with Crippen LogP contribution >= 0.6 is 11.3 Å². The summed E-state index contributed by atoms with van der Waals surface area (Å²) in [6.07, 6.45) is 0.280. The highest BCUT2D eigenvalue weighted by atomic mass is 32.1. The second-order valence-electron chi connectivity index (χ2n) is 7.89. The highest BCUT2D eigenvalue weighted by molar-refractivity contribution is 7.16. The van der Waals surface area contributed by atoms with Crippen LogP contribution in [-0.2, 0) is 19.5 Å². The number of anilines is 1. The maximum atomic E-state index is 13.0. The largest absolute Gasteiger partial charge is 0.490 e. The molecule has 3 heterocycles. The van der Waals surface area contributed by atoms with E-state index in [2.05, 4.69) is 27.7 Å². The van der Waals surface area contributed by atoms with E-state index in [0.717, 1.165) is 36.6 Å². The number of methoxy groups -OCH3 is 1. The lowest BCUT2D eigenvalue weighted by Gasteiger charge is -2.28. The molecule has 2 aliphatic heterocycles. The Morgan fingerprint density at radius 1 is 1.22 bits per heavy atom. The van der Waals surface area contributed by atoms with Gasteiger partial charge in [0.1, 0.15) is 11.2 Å². The number of benzene rings is 2. The van der Waals surface area contributed by atoms with Gasteiger partial charge in [-0.25, -0.2) is 0 Å². The molecule has 1 aromatic heterocycles. The van der Waals surface area contributed by atoms with E-state index >= 15 is 0 Å². The number of nitro groups is 1. The van der Waals surface area contributed by atoms with Crippen molar-refractivity contribution in [2.24, 2.45) is 0 Å². The van der Waals surface area contributed by atoms with Gasteiger partial charge in [-0.3, -0.25) is 19.8 Å². The number of hydrogen-bond donors (Lipinski definition) is 2. The Morgan fingerprint density at radius 2 is 2.03 bits per heavy atom. The maximum Gasteiger partial charge on any atom is 0.311 e. The number of ether oxygens (including phenoxy) is 1. The van der Waals surface area contributed by atoms with Gasteiger partial charge < -0.3 is 15.4 Å². The number of nitrogens with one attached hydrogen (secondary N) is 2. The molecule has 5 rings (SSSR count). The van der Waals surface area contributed by atoms with Crippen LogP contribution in [0.5, 0.6) is 5.75 Å². The molecule has 0 spiro atoms. The fourth-order valence-electron chi connectivity index (χ4n) is 4.34. The number of hydrogen-bond acceptors (Lipinski definition) is 7. The zero-order chi connectivity index (χ0) is 22.2. The first kappa shape index (κ1) is 20.5. The minimum atomic E-state index is -0.542. The fourth-order valence-corrected chi connectivity index (χ4v) is 5.66. The van der Waals surface area contributed by atoms with Crippen molar-refractivity contribution in [3.63, 3.8) is 0 Å². The molecule has 0 fully saturated rings. The normalized spacial score (nSPS) is 17.7. The number of carbonyl (C=O) groups excluding carboxylic acids is 1. The molecule has 0 bridgehead atoms. The van der Waals surface area contributed by atoms with Gasteiger partial charge in [0.15, 0.2) is 5.75 Å². The first-order valence-electron chi connectivity index (χ1n) is 10.3. The number of fused-ring (bicyclic) bond motifs is 3. The van der Waals surface area contributed by atoms with Crippen molar-refractivity contribution in [3.8, 4) is 5.75 Å². The Hall–Kier alpha value is -3.43. The number of carbonyl (C=O) groups is 1. The van der Waals surface area contributed by atoms with Crippen LogP contribution < -0.4 is 15.4 Å². The van der Waals surface area contributed by atoms with Gasteiger partial charge in [0, 0.05) is 36.1 Å². The second-order valence-corrected chi connectivity index (χ2v) is 9.00. The van der Waals surface area contributed by atoms with E-state index in [1.54, 1.807) is 23.5 Å². The van der Waals surface area contributed by atoms with Gasteiger partial charge >= 0.3 is 5.69 Å². The summed E-state index contributed by atoms with van der Waals surface area (Å²) in [5.74, 6) is 0.0444. The summed E-state index contributed by atoms with van der Waals surface area (Å²) in [6.45, 7) is 2.57. The zero-order valence-electron chi connectivity index (χ0n) is 17.5. The topological polar surface area (TPSA) is 96.7 Å². The van der Waals surface area contributed by atoms with E-state index < -0.39 is 11.1 Å². The second kappa shape index (κ2) is 8.25. The SMILES string of the molecule is COc1ccc(C2NC(=O)c3c(sc4c3CCN(Cc3ccccc3)C4)N2)cc1[N+](=O)[O-]. The minimum absolute atomic E-state index is 0.131. The third-order valence-corrected chi connectivity index (χ3v) is 7.04. The average molecular weight is 451 g/mol. The number of thiophene rings is 1. The molecule has 8 nitrogen and oxygen atoms in total. The highest BCUT2D eigenvalue weighted by Crippen LogP contribution is 2.41. The number of nitrogens with zero attached hydrogens (tertiary/aromatic N) is 2. The summed E-state index contributed by atoms with van der Waals surface area (Å²) < 4.78 is 5.08. The first-order chi connectivity index (χ1) is 15.5. The molecule has 0 saturated heterocycles. The molecular formula is C23H22N4O4S. The molecule has 2 N–H and O–H groups in total. The summed E-state index contributed by atoms with van der Waals surface area (Å²) in [5, 5.41) is 18.5. The van der Waals surface area contributed by atoms with Gasteiger partial charge in [-0.15, -0.1) is 11.3 Å². The third kappa shape index (κ3) is 3.69. The zero-order valence-corrected chi connectivity index (χ0v) is 18.3. The summed E-state index contributed by atoms with van der Waals surface area (Å²) in [7, 11) is 1.40. The lowest BCUT2D eigenvalue weighted by atomic mass is 10.00. The lowest BCUT2D eigenvalue weighted by molar-refractivity contribution is -0.385. The molecule has 32 heavy (non-hydrogen) atoms.